The lowest BCUT2D eigenvalue weighted by atomic mass is 10.2. The van der Waals surface area contributed by atoms with E-state index in [1.165, 1.54) is 28.2 Å². The van der Waals surface area contributed by atoms with Crippen molar-refractivity contribution in [3.63, 3.8) is 0 Å². The van der Waals surface area contributed by atoms with Crippen molar-refractivity contribution in [2.75, 3.05) is 19.0 Å². The first-order valence-electron chi connectivity index (χ1n) is 7.54. The summed E-state index contributed by atoms with van der Waals surface area (Å²) in [6.45, 7) is 0. The van der Waals surface area contributed by atoms with Gasteiger partial charge in [0.25, 0.3) is 11.8 Å². The molecule has 3 rings (SSSR count). The van der Waals surface area contributed by atoms with Gasteiger partial charge in [0.2, 0.25) is 0 Å². The second-order valence-electron chi connectivity index (χ2n) is 5.76. The predicted octanol–water partition coefficient (Wildman–Crippen LogP) is 2.38. The van der Waals surface area contributed by atoms with Crippen LogP contribution >= 0.6 is 11.3 Å². The molecule has 0 aliphatic heterocycles. The number of carbonyl (C=O) groups excluding carboxylic acids is 2. The molecule has 1 aliphatic carbocycles. The number of nitrogens with one attached hydrogen (secondary N) is 2. The number of aryl methyl sites for hydroxylation is 2. The van der Waals surface area contributed by atoms with Crippen LogP contribution in [0.1, 0.15) is 36.9 Å². The molecule has 1 aliphatic rings. The van der Waals surface area contributed by atoms with Crippen LogP contribution in [-0.2, 0) is 12.8 Å². The van der Waals surface area contributed by atoms with Crippen molar-refractivity contribution < 1.29 is 9.59 Å². The van der Waals surface area contributed by atoms with Crippen molar-refractivity contribution in [3.8, 4) is 0 Å². The van der Waals surface area contributed by atoms with Gasteiger partial charge in [-0.2, -0.15) is 0 Å². The van der Waals surface area contributed by atoms with E-state index < -0.39 is 0 Å². The van der Waals surface area contributed by atoms with E-state index >= 15 is 0 Å². The molecule has 2 amide bonds. The van der Waals surface area contributed by atoms with Gasteiger partial charge >= 0.3 is 0 Å². The Morgan fingerprint density at radius 3 is 2.39 bits per heavy atom. The second kappa shape index (κ2) is 6.42. The molecule has 0 radical (unpaired) electrons. The fourth-order valence-corrected chi connectivity index (χ4v) is 3.75. The molecule has 0 saturated heterocycles. The predicted molar refractivity (Wildman–Crippen MR) is 92.0 cm³/mol. The zero-order valence-corrected chi connectivity index (χ0v) is 14.0. The van der Waals surface area contributed by atoms with Gasteiger partial charge in [-0.05, 0) is 55.2 Å². The second-order valence-corrected chi connectivity index (χ2v) is 6.90. The number of fused-ring (bicyclic) bond motifs is 1. The molecule has 0 atom stereocenters. The lowest BCUT2D eigenvalue weighted by Gasteiger charge is -2.12. The Balaban J connectivity index is 1.58. The van der Waals surface area contributed by atoms with E-state index in [-0.39, 0.29) is 11.8 Å². The van der Waals surface area contributed by atoms with Crippen molar-refractivity contribution in [1.82, 2.24) is 10.9 Å². The largest absolute Gasteiger partial charge is 0.378 e. The SMILES string of the molecule is CN(C)c1ccc(C(=O)NNC(=O)c2cc3c(s2)CCC3)cc1. The molecule has 0 saturated carbocycles. The van der Waals surface area contributed by atoms with Gasteiger partial charge in [-0.1, -0.05) is 0 Å². The Morgan fingerprint density at radius 1 is 1.04 bits per heavy atom. The summed E-state index contributed by atoms with van der Waals surface area (Å²) in [5, 5.41) is 0. The van der Waals surface area contributed by atoms with E-state index in [9.17, 15) is 9.59 Å². The van der Waals surface area contributed by atoms with E-state index in [1.807, 2.05) is 37.2 Å². The lowest BCUT2D eigenvalue weighted by molar-refractivity contribution is 0.0849. The zero-order chi connectivity index (χ0) is 16.4. The zero-order valence-electron chi connectivity index (χ0n) is 13.2. The highest BCUT2D eigenvalue weighted by atomic mass is 32.1. The molecule has 1 aromatic heterocycles. The van der Waals surface area contributed by atoms with Gasteiger partial charge in [-0.3, -0.25) is 20.4 Å². The maximum absolute atomic E-state index is 12.1. The number of hydrogen-bond acceptors (Lipinski definition) is 4. The first-order valence-corrected chi connectivity index (χ1v) is 8.36. The molecule has 1 aromatic carbocycles. The van der Waals surface area contributed by atoms with Crippen LogP contribution in [0.2, 0.25) is 0 Å². The van der Waals surface area contributed by atoms with Crippen LogP contribution in [0.3, 0.4) is 0 Å². The van der Waals surface area contributed by atoms with Gasteiger partial charge in [0.05, 0.1) is 4.88 Å². The van der Waals surface area contributed by atoms with Crippen LogP contribution in [0.25, 0.3) is 0 Å². The summed E-state index contributed by atoms with van der Waals surface area (Å²) in [6.07, 6.45) is 3.27. The van der Waals surface area contributed by atoms with E-state index in [2.05, 4.69) is 10.9 Å². The normalized spacial score (nSPS) is 12.6. The summed E-state index contributed by atoms with van der Waals surface area (Å²) >= 11 is 1.51. The number of rotatable bonds is 3. The monoisotopic (exact) mass is 329 g/mol. The van der Waals surface area contributed by atoms with Crippen LogP contribution < -0.4 is 15.8 Å². The maximum Gasteiger partial charge on any atom is 0.279 e. The summed E-state index contributed by atoms with van der Waals surface area (Å²) in [6, 6.07) is 9.12. The molecule has 0 fully saturated rings. The van der Waals surface area contributed by atoms with Crippen molar-refractivity contribution in [2.45, 2.75) is 19.3 Å². The topological polar surface area (TPSA) is 61.4 Å². The summed E-state index contributed by atoms with van der Waals surface area (Å²) in [7, 11) is 3.88. The number of carbonyl (C=O) groups is 2. The first-order chi connectivity index (χ1) is 11.0. The van der Waals surface area contributed by atoms with Gasteiger partial charge in [-0.15, -0.1) is 11.3 Å². The molecular weight excluding hydrogens is 310 g/mol. The summed E-state index contributed by atoms with van der Waals surface area (Å²) < 4.78 is 0. The van der Waals surface area contributed by atoms with E-state index in [0.29, 0.717) is 10.4 Å². The fourth-order valence-electron chi connectivity index (χ4n) is 2.60. The van der Waals surface area contributed by atoms with Crippen LogP contribution in [-0.4, -0.2) is 25.9 Å². The Kier molecular flexibility index (Phi) is 4.34. The maximum atomic E-state index is 12.1. The standard InChI is InChI=1S/C17H19N3O2S/c1-20(2)13-8-6-11(7-9-13)16(21)18-19-17(22)15-10-12-4-3-5-14(12)23-15/h6-10H,3-5H2,1-2H3,(H,18,21)(H,19,22). The van der Waals surface area contributed by atoms with Crippen molar-refractivity contribution in [1.29, 1.82) is 0 Å². The molecule has 2 aromatic rings. The third-order valence-electron chi connectivity index (χ3n) is 3.91. The third kappa shape index (κ3) is 3.37. The van der Waals surface area contributed by atoms with Crippen molar-refractivity contribution in [2.24, 2.45) is 0 Å². The van der Waals surface area contributed by atoms with Crippen LogP contribution in [0.5, 0.6) is 0 Å². The average molecular weight is 329 g/mol. The third-order valence-corrected chi connectivity index (χ3v) is 5.14. The fraction of sp³-hybridized carbons (Fsp3) is 0.294. The van der Waals surface area contributed by atoms with Gasteiger partial charge in [0.1, 0.15) is 0 Å². The van der Waals surface area contributed by atoms with Crippen molar-refractivity contribution >= 4 is 28.8 Å². The molecule has 23 heavy (non-hydrogen) atoms. The highest BCUT2D eigenvalue weighted by Gasteiger charge is 2.18. The Bertz CT molecular complexity index is 713. The number of hydrazine groups is 1. The molecule has 1 heterocycles. The lowest BCUT2D eigenvalue weighted by Crippen LogP contribution is -2.41. The highest BCUT2D eigenvalue weighted by molar-refractivity contribution is 7.14. The molecule has 5 nitrogen and oxygen atoms in total. The Labute approximate surface area is 139 Å². The minimum absolute atomic E-state index is 0.261. The Morgan fingerprint density at radius 2 is 1.74 bits per heavy atom. The number of hydrogen-bond donors (Lipinski definition) is 2. The van der Waals surface area contributed by atoms with Crippen molar-refractivity contribution in [3.05, 3.63) is 51.2 Å². The number of anilines is 1. The van der Waals surface area contributed by atoms with Crippen LogP contribution in [0.4, 0.5) is 5.69 Å². The van der Waals surface area contributed by atoms with Gasteiger partial charge in [0, 0.05) is 30.2 Å². The number of amides is 2. The van der Waals surface area contributed by atoms with E-state index in [1.54, 1.807) is 12.1 Å². The summed E-state index contributed by atoms with van der Waals surface area (Å²) in [5.74, 6) is -0.588. The Hall–Kier alpha value is -2.34. The van der Waals surface area contributed by atoms with E-state index in [0.717, 1.165) is 18.5 Å². The van der Waals surface area contributed by atoms with Gasteiger partial charge in [-0.25, -0.2) is 0 Å². The first kappa shape index (κ1) is 15.6. The molecule has 0 spiro atoms. The molecular formula is C17H19N3O2S. The smallest absolute Gasteiger partial charge is 0.279 e. The molecule has 120 valence electrons. The van der Waals surface area contributed by atoms with Gasteiger partial charge < -0.3 is 4.90 Å². The number of thiophene rings is 1. The number of nitrogens with zero attached hydrogens (tertiary/aromatic N) is 1. The number of benzene rings is 1. The molecule has 6 heteroatoms. The quantitative estimate of drug-likeness (QED) is 0.850. The summed E-state index contributed by atoms with van der Waals surface area (Å²) in [5.41, 5.74) is 7.74. The average Bonchev–Trinajstić information content (AvgIpc) is 3.14. The minimum Gasteiger partial charge on any atom is -0.378 e. The highest BCUT2D eigenvalue weighted by Crippen LogP contribution is 2.30. The molecule has 2 N–H and O–H groups in total. The van der Waals surface area contributed by atoms with Crippen LogP contribution in [0, 0.1) is 0 Å². The summed E-state index contributed by atoms with van der Waals surface area (Å²) in [4.78, 5) is 28.1. The van der Waals surface area contributed by atoms with Gasteiger partial charge in [0.15, 0.2) is 0 Å². The molecule has 0 unspecified atom stereocenters. The van der Waals surface area contributed by atoms with E-state index in [4.69, 9.17) is 0 Å². The molecule has 0 bridgehead atoms. The van der Waals surface area contributed by atoms with Crippen LogP contribution in [0.15, 0.2) is 30.3 Å². The minimum atomic E-state index is -0.326.